The maximum Gasteiger partial charge on any atom is 0.269 e. The highest BCUT2D eigenvalue weighted by Crippen LogP contribution is 2.15. The summed E-state index contributed by atoms with van der Waals surface area (Å²) < 4.78 is 0. The van der Waals surface area contributed by atoms with E-state index in [-0.39, 0.29) is 19.6 Å². The van der Waals surface area contributed by atoms with Gasteiger partial charge in [-0.1, -0.05) is 17.5 Å². The number of hydroxylamine groups is 2. The quantitative estimate of drug-likeness (QED) is 0.447. The Morgan fingerprint density at radius 1 is 1.35 bits per heavy atom. The van der Waals surface area contributed by atoms with E-state index in [0.717, 1.165) is 0 Å². The first-order valence-electron chi connectivity index (χ1n) is 6.99. The lowest BCUT2D eigenvalue weighted by Crippen LogP contribution is -2.48. The van der Waals surface area contributed by atoms with E-state index in [4.69, 9.17) is 23.1 Å². The fourth-order valence-corrected chi connectivity index (χ4v) is 2.17. The number of hydrogen-bond acceptors (Lipinski definition) is 4. The number of aliphatic hydroxyl groups excluding tert-OH is 1. The van der Waals surface area contributed by atoms with Gasteiger partial charge in [-0.2, -0.15) is 0 Å². The van der Waals surface area contributed by atoms with E-state index in [0.29, 0.717) is 22.1 Å². The van der Waals surface area contributed by atoms with Crippen LogP contribution in [-0.4, -0.2) is 58.3 Å². The molecule has 0 aliphatic heterocycles. The summed E-state index contributed by atoms with van der Waals surface area (Å²) in [4.78, 5) is 26.0. The number of halogens is 1. The Labute approximate surface area is 140 Å². The summed E-state index contributed by atoms with van der Waals surface area (Å²) in [5.74, 6) is 1.06. The Kier molecular flexibility index (Phi) is 7.55. The summed E-state index contributed by atoms with van der Waals surface area (Å²) in [5, 5.41) is 19.5. The van der Waals surface area contributed by atoms with Crippen LogP contribution in [0.5, 0.6) is 0 Å². The van der Waals surface area contributed by atoms with Crippen molar-refractivity contribution in [3.63, 3.8) is 0 Å². The number of benzene rings is 1. The summed E-state index contributed by atoms with van der Waals surface area (Å²) >= 11 is 5.79. The third-order valence-corrected chi connectivity index (χ3v) is 3.55. The van der Waals surface area contributed by atoms with Gasteiger partial charge in [0, 0.05) is 24.2 Å². The molecule has 1 atom stereocenters. The lowest BCUT2D eigenvalue weighted by Gasteiger charge is -2.29. The second kappa shape index (κ2) is 9.16. The molecule has 2 N–H and O–H groups in total. The molecule has 0 aliphatic rings. The number of likely N-dealkylation sites (N-methyl/N-ethyl adjacent to an activating group) is 1. The van der Waals surface area contributed by atoms with Gasteiger partial charge in [-0.3, -0.25) is 14.8 Å². The number of terminal acetylenes is 1. The van der Waals surface area contributed by atoms with Gasteiger partial charge in [0.2, 0.25) is 0 Å². The zero-order valence-corrected chi connectivity index (χ0v) is 13.5. The van der Waals surface area contributed by atoms with Gasteiger partial charge in [-0.25, -0.2) is 5.06 Å². The Morgan fingerprint density at radius 2 is 1.96 bits per heavy atom. The van der Waals surface area contributed by atoms with Crippen molar-refractivity contribution >= 4 is 23.4 Å². The molecule has 1 aromatic rings. The standard InChI is InChI=1S/C16H19ClN2O4/c1-3-10-19(23)16(22)14(5-4-11-20)18(2)15(21)12-6-8-13(17)9-7-12/h1,6-9,14,20,23H,4-5,10-11H2,2H3/t14-/m0/s1. The second-order valence-corrected chi connectivity index (χ2v) is 5.34. The number of carbonyl (C=O) groups is 2. The summed E-state index contributed by atoms with van der Waals surface area (Å²) in [6, 6.07) is 5.32. The number of aliphatic hydroxyl groups is 1. The lowest BCUT2D eigenvalue weighted by molar-refractivity contribution is -0.167. The van der Waals surface area contributed by atoms with Crippen LogP contribution >= 0.6 is 11.6 Å². The molecule has 23 heavy (non-hydrogen) atoms. The fraction of sp³-hybridized carbons (Fsp3) is 0.375. The van der Waals surface area contributed by atoms with Crippen LogP contribution in [0.1, 0.15) is 23.2 Å². The summed E-state index contributed by atoms with van der Waals surface area (Å²) in [6.45, 7) is -0.412. The molecular formula is C16H19ClN2O4. The minimum atomic E-state index is -0.927. The van der Waals surface area contributed by atoms with E-state index in [1.54, 1.807) is 24.3 Å². The summed E-state index contributed by atoms with van der Waals surface area (Å²) in [6.07, 6.45) is 5.58. The SMILES string of the molecule is C#CCN(O)C(=O)[C@H](CCCO)N(C)C(=O)c1ccc(Cl)cc1. The van der Waals surface area contributed by atoms with Crippen LogP contribution in [0.2, 0.25) is 5.02 Å². The van der Waals surface area contributed by atoms with Gasteiger partial charge >= 0.3 is 0 Å². The first kappa shape index (κ1) is 19.0. The average Bonchev–Trinajstić information content (AvgIpc) is 2.55. The van der Waals surface area contributed by atoms with Crippen LogP contribution in [0.25, 0.3) is 0 Å². The fourth-order valence-electron chi connectivity index (χ4n) is 2.04. The molecule has 7 heteroatoms. The molecule has 0 spiro atoms. The number of amides is 2. The third-order valence-electron chi connectivity index (χ3n) is 3.30. The minimum absolute atomic E-state index is 0.132. The second-order valence-electron chi connectivity index (χ2n) is 4.90. The maximum absolute atomic E-state index is 12.5. The van der Waals surface area contributed by atoms with Crippen LogP contribution in [-0.2, 0) is 4.79 Å². The highest BCUT2D eigenvalue weighted by Gasteiger charge is 2.30. The van der Waals surface area contributed by atoms with Crippen molar-refractivity contribution in [1.82, 2.24) is 9.96 Å². The largest absolute Gasteiger partial charge is 0.396 e. The first-order chi connectivity index (χ1) is 10.9. The first-order valence-corrected chi connectivity index (χ1v) is 7.37. The normalized spacial score (nSPS) is 11.4. The van der Waals surface area contributed by atoms with Gasteiger partial charge in [0.1, 0.15) is 12.6 Å². The highest BCUT2D eigenvalue weighted by molar-refractivity contribution is 6.30. The predicted molar refractivity (Wildman–Crippen MR) is 86.0 cm³/mol. The van der Waals surface area contributed by atoms with E-state index in [1.165, 1.54) is 11.9 Å². The van der Waals surface area contributed by atoms with Gasteiger partial charge in [-0.05, 0) is 37.1 Å². The smallest absolute Gasteiger partial charge is 0.269 e. The molecule has 0 aromatic heterocycles. The molecule has 2 amide bonds. The van der Waals surface area contributed by atoms with E-state index >= 15 is 0 Å². The number of rotatable bonds is 7. The monoisotopic (exact) mass is 338 g/mol. The van der Waals surface area contributed by atoms with Crippen molar-refractivity contribution in [2.24, 2.45) is 0 Å². The Morgan fingerprint density at radius 3 is 2.48 bits per heavy atom. The molecular weight excluding hydrogens is 320 g/mol. The molecule has 0 fully saturated rings. The van der Waals surface area contributed by atoms with E-state index in [1.807, 2.05) is 0 Å². The van der Waals surface area contributed by atoms with Gasteiger partial charge in [-0.15, -0.1) is 6.42 Å². The van der Waals surface area contributed by atoms with Crippen LogP contribution < -0.4 is 0 Å². The molecule has 6 nitrogen and oxygen atoms in total. The van der Waals surface area contributed by atoms with Gasteiger partial charge in [0.15, 0.2) is 0 Å². The Balaban J connectivity index is 2.96. The van der Waals surface area contributed by atoms with E-state index in [9.17, 15) is 14.8 Å². The molecule has 0 radical (unpaired) electrons. The topological polar surface area (TPSA) is 81.1 Å². The Bertz CT molecular complexity index is 583. The molecule has 0 aliphatic carbocycles. The van der Waals surface area contributed by atoms with Gasteiger partial charge in [0.25, 0.3) is 11.8 Å². The molecule has 1 aromatic carbocycles. The third kappa shape index (κ3) is 5.25. The molecule has 0 bridgehead atoms. The van der Waals surface area contributed by atoms with Crippen LogP contribution in [0.3, 0.4) is 0 Å². The zero-order valence-electron chi connectivity index (χ0n) is 12.8. The van der Waals surface area contributed by atoms with E-state index in [2.05, 4.69) is 5.92 Å². The predicted octanol–water partition coefficient (Wildman–Crippen LogP) is 1.40. The van der Waals surface area contributed by atoms with Gasteiger partial charge < -0.3 is 10.0 Å². The lowest BCUT2D eigenvalue weighted by atomic mass is 10.1. The van der Waals surface area contributed by atoms with Crippen LogP contribution in [0.15, 0.2) is 24.3 Å². The maximum atomic E-state index is 12.5. The van der Waals surface area contributed by atoms with Crippen molar-refractivity contribution in [2.45, 2.75) is 18.9 Å². The van der Waals surface area contributed by atoms with E-state index < -0.39 is 17.9 Å². The number of carbonyl (C=O) groups excluding carboxylic acids is 2. The molecule has 1 rings (SSSR count). The molecule has 124 valence electrons. The number of nitrogens with zero attached hydrogens (tertiary/aromatic N) is 2. The van der Waals surface area contributed by atoms with Crippen molar-refractivity contribution < 1.29 is 19.9 Å². The zero-order chi connectivity index (χ0) is 17.4. The van der Waals surface area contributed by atoms with Crippen molar-refractivity contribution in [3.8, 4) is 12.3 Å². The van der Waals surface area contributed by atoms with Gasteiger partial charge in [0.05, 0.1) is 0 Å². The highest BCUT2D eigenvalue weighted by atomic mass is 35.5. The molecule has 0 saturated carbocycles. The summed E-state index contributed by atoms with van der Waals surface area (Å²) in [7, 11) is 1.46. The minimum Gasteiger partial charge on any atom is -0.396 e. The Hall–Kier alpha value is -2.07. The number of hydrogen-bond donors (Lipinski definition) is 2. The van der Waals surface area contributed by atoms with Crippen LogP contribution in [0, 0.1) is 12.3 Å². The summed E-state index contributed by atoms with van der Waals surface area (Å²) in [5.41, 5.74) is 0.361. The molecule has 0 saturated heterocycles. The van der Waals surface area contributed by atoms with Crippen molar-refractivity contribution in [3.05, 3.63) is 34.9 Å². The average molecular weight is 339 g/mol. The van der Waals surface area contributed by atoms with Crippen LogP contribution in [0.4, 0.5) is 0 Å². The molecule has 0 heterocycles. The van der Waals surface area contributed by atoms with Crippen molar-refractivity contribution in [2.75, 3.05) is 20.2 Å². The van der Waals surface area contributed by atoms with Crippen molar-refractivity contribution in [1.29, 1.82) is 0 Å². The molecule has 0 unspecified atom stereocenters.